The van der Waals surface area contributed by atoms with Gasteiger partial charge in [0.15, 0.2) is 17.3 Å². The molecule has 1 N–H and O–H groups in total. The van der Waals surface area contributed by atoms with Gasteiger partial charge in [-0.2, -0.15) is 0 Å². The predicted octanol–water partition coefficient (Wildman–Crippen LogP) is 1.96. The van der Waals surface area contributed by atoms with E-state index in [-0.39, 0.29) is 24.7 Å². The number of ether oxygens (including phenoxy) is 1. The summed E-state index contributed by atoms with van der Waals surface area (Å²) in [5, 5.41) is 8.70. The summed E-state index contributed by atoms with van der Waals surface area (Å²) in [5.41, 5.74) is 0.644. The summed E-state index contributed by atoms with van der Waals surface area (Å²) in [6.07, 6.45) is 0.594. The van der Waals surface area contributed by atoms with Crippen LogP contribution in [0.15, 0.2) is 12.1 Å². The molecule has 0 atom stereocenters. The molecule has 0 bridgehead atoms. The molecule has 17 heavy (non-hydrogen) atoms. The van der Waals surface area contributed by atoms with Crippen LogP contribution < -0.4 is 4.74 Å². The number of halogens is 1. The lowest BCUT2D eigenvalue weighted by Crippen LogP contribution is -2.19. The SMILES string of the molecule is CC1(C)Cc2ccc(F)c(OCCO)c2C1=O. The third-order valence-corrected chi connectivity index (χ3v) is 3.01. The fraction of sp³-hybridized carbons (Fsp3) is 0.462. The van der Waals surface area contributed by atoms with Crippen LogP contribution in [0, 0.1) is 11.2 Å². The Kier molecular flexibility index (Phi) is 2.91. The van der Waals surface area contributed by atoms with E-state index in [1.807, 2.05) is 13.8 Å². The van der Waals surface area contributed by atoms with Crippen LogP contribution in [0.3, 0.4) is 0 Å². The summed E-state index contributed by atoms with van der Waals surface area (Å²) in [6.45, 7) is 3.45. The smallest absolute Gasteiger partial charge is 0.172 e. The maximum Gasteiger partial charge on any atom is 0.172 e. The van der Waals surface area contributed by atoms with Gasteiger partial charge in [-0.3, -0.25) is 4.79 Å². The van der Waals surface area contributed by atoms with Gasteiger partial charge in [-0.1, -0.05) is 19.9 Å². The van der Waals surface area contributed by atoms with E-state index in [0.717, 1.165) is 5.56 Å². The fourth-order valence-electron chi connectivity index (χ4n) is 2.18. The highest BCUT2D eigenvalue weighted by molar-refractivity contribution is 6.06. The number of Topliss-reactive ketones (excluding diaryl/α,β-unsaturated/α-hetero) is 1. The largest absolute Gasteiger partial charge is 0.487 e. The van der Waals surface area contributed by atoms with Crippen LogP contribution >= 0.6 is 0 Å². The molecule has 0 amide bonds. The molecule has 0 spiro atoms. The van der Waals surface area contributed by atoms with E-state index in [0.29, 0.717) is 12.0 Å². The van der Waals surface area contributed by atoms with Gasteiger partial charge in [-0.15, -0.1) is 0 Å². The molecule has 2 rings (SSSR count). The summed E-state index contributed by atoms with van der Waals surface area (Å²) >= 11 is 0. The molecule has 0 radical (unpaired) electrons. The highest BCUT2D eigenvalue weighted by Crippen LogP contribution is 2.41. The van der Waals surface area contributed by atoms with Crippen molar-refractivity contribution in [2.24, 2.45) is 5.41 Å². The first-order valence-electron chi connectivity index (χ1n) is 5.57. The summed E-state index contributed by atoms with van der Waals surface area (Å²) in [6, 6.07) is 2.93. The van der Waals surface area contributed by atoms with E-state index < -0.39 is 11.2 Å². The predicted molar refractivity (Wildman–Crippen MR) is 60.8 cm³/mol. The van der Waals surface area contributed by atoms with Crippen molar-refractivity contribution >= 4 is 5.78 Å². The van der Waals surface area contributed by atoms with E-state index >= 15 is 0 Å². The number of fused-ring (bicyclic) bond motifs is 1. The lowest BCUT2D eigenvalue weighted by atomic mass is 9.89. The van der Waals surface area contributed by atoms with Crippen molar-refractivity contribution in [3.05, 3.63) is 29.1 Å². The van der Waals surface area contributed by atoms with E-state index in [1.54, 1.807) is 6.07 Å². The second-order valence-electron chi connectivity index (χ2n) is 4.87. The number of ketones is 1. The van der Waals surface area contributed by atoms with E-state index in [9.17, 15) is 9.18 Å². The normalized spacial score (nSPS) is 17.1. The van der Waals surface area contributed by atoms with E-state index in [4.69, 9.17) is 9.84 Å². The number of carbonyl (C=O) groups excluding carboxylic acids is 1. The molecule has 0 fully saturated rings. The molecule has 1 aliphatic carbocycles. The monoisotopic (exact) mass is 238 g/mol. The molecule has 4 heteroatoms. The minimum atomic E-state index is -0.553. The average molecular weight is 238 g/mol. The van der Waals surface area contributed by atoms with Crippen molar-refractivity contribution in [1.29, 1.82) is 0 Å². The Hall–Kier alpha value is -1.42. The molecule has 0 saturated heterocycles. The zero-order valence-corrected chi connectivity index (χ0v) is 9.92. The molecule has 0 heterocycles. The van der Waals surface area contributed by atoms with Crippen molar-refractivity contribution in [2.45, 2.75) is 20.3 Å². The van der Waals surface area contributed by atoms with Gasteiger partial charge in [0.25, 0.3) is 0 Å². The Morgan fingerprint density at radius 1 is 1.47 bits per heavy atom. The minimum absolute atomic E-state index is 0.0128. The molecule has 1 aromatic rings. The van der Waals surface area contributed by atoms with Crippen LogP contribution in [0.25, 0.3) is 0 Å². The standard InChI is InChI=1S/C13H15FO3/c1-13(2)7-8-3-4-9(14)11(17-6-5-15)10(8)12(13)16/h3-4,15H,5-7H2,1-2H3. The van der Waals surface area contributed by atoms with Crippen molar-refractivity contribution in [3.63, 3.8) is 0 Å². The van der Waals surface area contributed by atoms with Crippen LogP contribution in [0.2, 0.25) is 0 Å². The number of rotatable bonds is 3. The molecular weight excluding hydrogens is 223 g/mol. The summed E-state index contributed by atoms with van der Waals surface area (Å²) in [5.74, 6) is -0.671. The maximum atomic E-state index is 13.6. The van der Waals surface area contributed by atoms with Gasteiger partial charge < -0.3 is 9.84 Å². The first kappa shape index (κ1) is 12.0. The van der Waals surface area contributed by atoms with E-state index in [1.165, 1.54) is 6.07 Å². The number of hydrogen-bond donors (Lipinski definition) is 1. The average Bonchev–Trinajstić information content (AvgIpc) is 2.50. The first-order valence-corrected chi connectivity index (χ1v) is 5.57. The van der Waals surface area contributed by atoms with Crippen LogP contribution in [0.5, 0.6) is 5.75 Å². The Labute approximate surface area is 99.2 Å². The van der Waals surface area contributed by atoms with Gasteiger partial charge >= 0.3 is 0 Å². The highest BCUT2D eigenvalue weighted by atomic mass is 19.1. The zero-order chi connectivity index (χ0) is 12.6. The molecule has 3 nitrogen and oxygen atoms in total. The number of benzene rings is 1. The number of aliphatic hydroxyl groups is 1. The Balaban J connectivity index is 2.48. The van der Waals surface area contributed by atoms with Gasteiger partial charge in [0, 0.05) is 5.41 Å². The Bertz CT molecular complexity index is 466. The lowest BCUT2D eigenvalue weighted by molar-refractivity contribution is 0.0858. The van der Waals surface area contributed by atoms with Crippen LogP contribution in [-0.4, -0.2) is 24.1 Å². The van der Waals surface area contributed by atoms with Gasteiger partial charge in [-0.25, -0.2) is 4.39 Å². The fourth-order valence-corrected chi connectivity index (χ4v) is 2.18. The molecular formula is C13H15FO3. The van der Waals surface area contributed by atoms with Gasteiger partial charge in [0.2, 0.25) is 0 Å². The van der Waals surface area contributed by atoms with E-state index in [2.05, 4.69) is 0 Å². The number of hydrogen-bond acceptors (Lipinski definition) is 3. The second-order valence-corrected chi connectivity index (χ2v) is 4.87. The third-order valence-electron chi connectivity index (χ3n) is 3.01. The summed E-state index contributed by atoms with van der Waals surface area (Å²) in [7, 11) is 0. The lowest BCUT2D eigenvalue weighted by Gasteiger charge is -2.14. The van der Waals surface area contributed by atoms with Crippen LogP contribution in [0.1, 0.15) is 29.8 Å². The maximum absolute atomic E-state index is 13.6. The molecule has 0 saturated carbocycles. The minimum Gasteiger partial charge on any atom is -0.487 e. The molecule has 1 aliphatic rings. The number of aliphatic hydroxyl groups excluding tert-OH is 1. The van der Waals surface area contributed by atoms with Crippen molar-refractivity contribution < 1.29 is 19.0 Å². The first-order chi connectivity index (χ1) is 7.97. The third kappa shape index (κ3) is 1.93. The van der Waals surface area contributed by atoms with Gasteiger partial charge in [-0.05, 0) is 18.1 Å². The molecule has 0 aliphatic heterocycles. The van der Waals surface area contributed by atoms with Crippen LogP contribution in [-0.2, 0) is 6.42 Å². The Morgan fingerprint density at radius 2 is 2.18 bits per heavy atom. The zero-order valence-electron chi connectivity index (χ0n) is 9.92. The topological polar surface area (TPSA) is 46.5 Å². The molecule has 1 aromatic carbocycles. The van der Waals surface area contributed by atoms with Gasteiger partial charge in [0.05, 0.1) is 12.2 Å². The summed E-state index contributed by atoms with van der Waals surface area (Å²) in [4.78, 5) is 12.1. The molecule has 0 aromatic heterocycles. The highest BCUT2D eigenvalue weighted by Gasteiger charge is 2.40. The van der Waals surface area contributed by atoms with Crippen LogP contribution in [0.4, 0.5) is 4.39 Å². The number of carbonyl (C=O) groups is 1. The van der Waals surface area contributed by atoms with Gasteiger partial charge in [0.1, 0.15) is 6.61 Å². The van der Waals surface area contributed by atoms with Crippen molar-refractivity contribution in [2.75, 3.05) is 13.2 Å². The Morgan fingerprint density at radius 3 is 2.82 bits per heavy atom. The quantitative estimate of drug-likeness (QED) is 0.875. The molecule has 92 valence electrons. The van der Waals surface area contributed by atoms with Crippen molar-refractivity contribution in [1.82, 2.24) is 0 Å². The second kappa shape index (κ2) is 4.11. The molecule has 0 unspecified atom stereocenters. The summed E-state index contributed by atoms with van der Waals surface area (Å²) < 4.78 is 18.8. The van der Waals surface area contributed by atoms with Crippen molar-refractivity contribution in [3.8, 4) is 5.75 Å².